The van der Waals surface area contributed by atoms with Crippen LogP contribution < -0.4 is 0 Å². The van der Waals surface area contributed by atoms with Crippen LogP contribution >= 0.6 is 0 Å². The third-order valence-electron chi connectivity index (χ3n) is 6.33. The zero-order valence-corrected chi connectivity index (χ0v) is 19.3. The second-order valence-corrected chi connectivity index (χ2v) is 9.22. The third-order valence-corrected chi connectivity index (χ3v) is 6.33. The first-order valence-electron chi connectivity index (χ1n) is 11.3. The van der Waals surface area contributed by atoms with Gasteiger partial charge >= 0.3 is 0 Å². The van der Waals surface area contributed by atoms with E-state index >= 15 is 0 Å². The SMILES string of the molecule is CC(C)=C/C=C/C(C)C1CCC(C)C(=O)C1CC(C)C(=O)COCc1ccccc1. The van der Waals surface area contributed by atoms with Crippen LogP contribution in [0.25, 0.3) is 0 Å². The maximum atomic E-state index is 13.0. The van der Waals surface area contributed by atoms with E-state index in [1.807, 2.05) is 44.2 Å². The summed E-state index contributed by atoms with van der Waals surface area (Å²) in [5, 5.41) is 0. The lowest BCUT2D eigenvalue weighted by molar-refractivity contribution is -0.134. The molecule has 0 aliphatic heterocycles. The van der Waals surface area contributed by atoms with Crippen molar-refractivity contribution in [3.63, 3.8) is 0 Å². The second-order valence-electron chi connectivity index (χ2n) is 9.22. The molecule has 1 aliphatic carbocycles. The first-order valence-corrected chi connectivity index (χ1v) is 11.3. The van der Waals surface area contributed by atoms with Crippen molar-refractivity contribution in [1.29, 1.82) is 0 Å². The Balaban J connectivity index is 1.96. The van der Waals surface area contributed by atoms with Gasteiger partial charge in [-0.05, 0) is 50.5 Å². The average Bonchev–Trinajstić information content (AvgIpc) is 2.71. The van der Waals surface area contributed by atoms with E-state index in [1.54, 1.807) is 0 Å². The molecule has 0 bridgehead atoms. The van der Waals surface area contributed by atoms with E-state index in [-0.39, 0.29) is 30.1 Å². The maximum absolute atomic E-state index is 13.0. The first-order chi connectivity index (χ1) is 14.3. The lowest BCUT2D eigenvalue weighted by atomic mass is 9.66. The van der Waals surface area contributed by atoms with Crippen molar-refractivity contribution >= 4 is 11.6 Å². The van der Waals surface area contributed by atoms with Gasteiger partial charge in [-0.25, -0.2) is 0 Å². The number of carbonyl (C=O) groups excluding carboxylic acids is 2. The summed E-state index contributed by atoms with van der Waals surface area (Å²) in [6.07, 6.45) is 9.04. The van der Waals surface area contributed by atoms with Gasteiger partial charge in [0.1, 0.15) is 12.4 Å². The molecule has 0 spiro atoms. The van der Waals surface area contributed by atoms with Crippen LogP contribution in [0, 0.1) is 29.6 Å². The maximum Gasteiger partial charge on any atom is 0.161 e. The number of hydrogen-bond acceptors (Lipinski definition) is 3. The average molecular weight is 411 g/mol. The first kappa shape index (κ1) is 24.3. The number of allylic oxidation sites excluding steroid dienone is 4. The molecule has 5 unspecified atom stereocenters. The highest BCUT2D eigenvalue weighted by atomic mass is 16.5. The lowest BCUT2D eigenvalue weighted by Crippen LogP contribution is -2.38. The molecule has 0 aromatic heterocycles. The minimum atomic E-state index is -0.170. The molecule has 0 heterocycles. The largest absolute Gasteiger partial charge is 0.369 e. The Labute approximate surface area is 182 Å². The summed E-state index contributed by atoms with van der Waals surface area (Å²) >= 11 is 0. The van der Waals surface area contributed by atoms with Crippen LogP contribution in [-0.2, 0) is 20.9 Å². The smallest absolute Gasteiger partial charge is 0.161 e. The van der Waals surface area contributed by atoms with Crippen LogP contribution in [0.2, 0.25) is 0 Å². The Hall–Kier alpha value is -2.00. The number of rotatable bonds is 10. The number of Topliss-reactive ketones (excluding diaryl/α,β-unsaturated/α-hetero) is 2. The summed E-state index contributed by atoms with van der Waals surface area (Å²) < 4.78 is 5.64. The molecule has 164 valence electrons. The Morgan fingerprint density at radius 1 is 1.17 bits per heavy atom. The molecule has 1 saturated carbocycles. The predicted molar refractivity (Wildman–Crippen MR) is 123 cm³/mol. The van der Waals surface area contributed by atoms with E-state index in [2.05, 4.69) is 39.0 Å². The Morgan fingerprint density at radius 3 is 2.53 bits per heavy atom. The van der Waals surface area contributed by atoms with E-state index in [0.29, 0.717) is 30.6 Å². The van der Waals surface area contributed by atoms with Crippen LogP contribution in [0.5, 0.6) is 0 Å². The van der Waals surface area contributed by atoms with Crippen molar-refractivity contribution in [2.75, 3.05) is 6.61 Å². The zero-order valence-electron chi connectivity index (χ0n) is 19.3. The van der Waals surface area contributed by atoms with E-state index in [9.17, 15) is 9.59 Å². The number of benzene rings is 1. The van der Waals surface area contributed by atoms with Gasteiger partial charge in [0.2, 0.25) is 0 Å². The van der Waals surface area contributed by atoms with Gasteiger partial charge in [-0.2, -0.15) is 0 Å². The normalized spacial score (nSPS) is 23.9. The molecule has 1 aromatic carbocycles. The van der Waals surface area contributed by atoms with Gasteiger partial charge in [0.05, 0.1) is 6.61 Å². The Bertz CT molecular complexity index is 743. The van der Waals surface area contributed by atoms with Crippen molar-refractivity contribution < 1.29 is 14.3 Å². The topological polar surface area (TPSA) is 43.4 Å². The second kappa shape index (κ2) is 12.0. The predicted octanol–water partition coefficient (Wildman–Crippen LogP) is 6.19. The molecule has 30 heavy (non-hydrogen) atoms. The molecule has 0 saturated heterocycles. The molecule has 3 heteroatoms. The number of hydrogen-bond donors (Lipinski definition) is 0. The lowest BCUT2D eigenvalue weighted by Gasteiger charge is -2.37. The van der Waals surface area contributed by atoms with Gasteiger partial charge < -0.3 is 4.74 Å². The molecule has 5 atom stereocenters. The van der Waals surface area contributed by atoms with E-state index in [1.165, 1.54) is 5.57 Å². The Morgan fingerprint density at radius 2 is 1.87 bits per heavy atom. The van der Waals surface area contributed by atoms with Gasteiger partial charge in [-0.3, -0.25) is 9.59 Å². The molecule has 2 rings (SSSR count). The van der Waals surface area contributed by atoms with Gasteiger partial charge in [0.25, 0.3) is 0 Å². The number of carbonyl (C=O) groups is 2. The molecule has 1 fully saturated rings. The van der Waals surface area contributed by atoms with E-state index < -0.39 is 0 Å². The fourth-order valence-electron chi connectivity index (χ4n) is 4.35. The molecule has 0 amide bonds. The van der Waals surface area contributed by atoms with Crippen molar-refractivity contribution in [2.24, 2.45) is 29.6 Å². The van der Waals surface area contributed by atoms with Gasteiger partial charge in [0, 0.05) is 17.8 Å². The highest BCUT2D eigenvalue weighted by Gasteiger charge is 2.39. The fraction of sp³-hybridized carbons (Fsp3) is 0.556. The molecular formula is C27H38O3. The summed E-state index contributed by atoms with van der Waals surface area (Å²) in [4.78, 5) is 25.7. The fourth-order valence-corrected chi connectivity index (χ4v) is 4.35. The number of ether oxygens (including phenoxy) is 1. The highest BCUT2D eigenvalue weighted by Crippen LogP contribution is 2.39. The molecule has 0 N–H and O–H groups in total. The van der Waals surface area contributed by atoms with Crippen LogP contribution in [-0.4, -0.2) is 18.2 Å². The van der Waals surface area contributed by atoms with Crippen molar-refractivity contribution in [2.45, 2.75) is 60.5 Å². The molecule has 1 aromatic rings. The van der Waals surface area contributed by atoms with Crippen LogP contribution in [0.1, 0.15) is 59.4 Å². The Kier molecular flexibility index (Phi) is 9.71. The minimum absolute atomic E-state index is 0.0480. The summed E-state index contributed by atoms with van der Waals surface area (Å²) in [6, 6.07) is 9.87. The monoisotopic (exact) mass is 410 g/mol. The van der Waals surface area contributed by atoms with Gasteiger partial charge in [0.15, 0.2) is 5.78 Å². The van der Waals surface area contributed by atoms with Crippen LogP contribution in [0.15, 0.2) is 54.1 Å². The summed E-state index contributed by atoms with van der Waals surface area (Å²) in [6.45, 7) is 10.9. The third kappa shape index (κ3) is 7.36. The van der Waals surface area contributed by atoms with Crippen molar-refractivity contribution in [3.05, 3.63) is 59.7 Å². The van der Waals surface area contributed by atoms with Crippen molar-refractivity contribution in [1.82, 2.24) is 0 Å². The summed E-state index contributed by atoms with van der Waals surface area (Å²) in [7, 11) is 0. The van der Waals surface area contributed by atoms with Crippen molar-refractivity contribution in [3.8, 4) is 0 Å². The van der Waals surface area contributed by atoms with E-state index in [0.717, 1.165) is 18.4 Å². The molecule has 3 nitrogen and oxygen atoms in total. The highest BCUT2D eigenvalue weighted by molar-refractivity contribution is 5.86. The van der Waals surface area contributed by atoms with Crippen LogP contribution in [0.3, 0.4) is 0 Å². The van der Waals surface area contributed by atoms with Crippen LogP contribution in [0.4, 0.5) is 0 Å². The van der Waals surface area contributed by atoms with Gasteiger partial charge in [-0.15, -0.1) is 0 Å². The summed E-state index contributed by atoms with van der Waals surface area (Å²) in [5.74, 6) is 0.915. The zero-order chi connectivity index (χ0) is 22.1. The number of ketones is 2. The molecule has 1 aliphatic rings. The van der Waals surface area contributed by atoms with E-state index in [4.69, 9.17) is 4.74 Å². The molecule has 0 radical (unpaired) electrons. The summed E-state index contributed by atoms with van der Waals surface area (Å²) in [5.41, 5.74) is 2.32. The molecular weight excluding hydrogens is 372 g/mol. The quantitative estimate of drug-likeness (QED) is 0.432. The standard InChI is InChI=1S/C27H38O3/c1-19(2)10-9-11-20(3)24-15-14-21(4)27(29)25(24)16-22(5)26(28)18-30-17-23-12-7-6-8-13-23/h6-13,20-22,24-25H,14-18H2,1-5H3/b11-9+. The van der Waals surface area contributed by atoms with Gasteiger partial charge in [-0.1, -0.05) is 74.9 Å². The minimum Gasteiger partial charge on any atom is -0.369 e.